The fraction of sp³-hybridized carbons (Fsp3) is 0.588. The summed E-state index contributed by atoms with van der Waals surface area (Å²) in [6.45, 7) is 9.34. The SMILES string of the molecule is CC(C)c1c(C(C)(C)CC(=O)O)cc(Br)c2c1OCCCO2. The Hall–Kier alpha value is -1.23. The first-order valence-electron chi connectivity index (χ1n) is 7.58. The Balaban J connectivity index is 2.66. The molecule has 1 aliphatic heterocycles. The van der Waals surface area contributed by atoms with Gasteiger partial charge in [-0.15, -0.1) is 0 Å². The zero-order valence-corrected chi connectivity index (χ0v) is 15.1. The molecular weight excluding hydrogens is 348 g/mol. The molecule has 1 heterocycles. The highest BCUT2D eigenvalue weighted by Gasteiger charge is 2.32. The van der Waals surface area contributed by atoms with Gasteiger partial charge in [0, 0.05) is 17.4 Å². The van der Waals surface area contributed by atoms with Gasteiger partial charge >= 0.3 is 5.97 Å². The molecule has 0 amide bonds. The predicted octanol–water partition coefficient (Wildman–Crippen LogP) is 4.49. The van der Waals surface area contributed by atoms with Crippen molar-refractivity contribution in [3.05, 3.63) is 21.7 Å². The molecule has 1 aromatic carbocycles. The lowest BCUT2D eigenvalue weighted by molar-refractivity contribution is -0.138. The second-order valence-corrected chi connectivity index (χ2v) is 7.49. The Morgan fingerprint density at radius 2 is 1.91 bits per heavy atom. The third-order valence-electron chi connectivity index (χ3n) is 3.91. The average Bonchev–Trinajstić information content (AvgIpc) is 2.62. The molecule has 4 nitrogen and oxygen atoms in total. The van der Waals surface area contributed by atoms with Gasteiger partial charge in [-0.3, -0.25) is 4.79 Å². The van der Waals surface area contributed by atoms with Crippen molar-refractivity contribution >= 4 is 21.9 Å². The largest absolute Gasteiger partial charge is 0.489 e. The Morgan fingerprint density at radius 3 is 2.45 bits per heavy atom. The van der Waals surface area contributed by atoms with Crippen LogP contribution >= 0.6 is 15.9 Å². The molecule has 5 heteroatoms. The Morgan fingerprint density at radius 1 is 1.32 bits per heavy atom. The number of ether oxygens (including phenoxy) is 2. The first-order valence-corrected chi connectivity index (χ1v) is 8.37. The number of carboxylic acid groups (broad SMARTS) is 1. The van der Waals surface area contributed by atoms with E-state index in [-0.39, 0.29) is 12.3 Å². The highest BCUT2D eigenvalue weighted by molar-refractivity contribution is 9.10. The molecule has 0 aliphatic carbocycles. The number of carbonyl (C=O) groups is 1. The molecule has 0 aromatic heterocycles. The maximum absolute atomic E-state index is 11.2. The summed E-state index contributed by atoms with van der Waals surface area (Å²) in [7, 11) is 0. The standard InChI is InChI=1S/C17H23BrO4/c1-10(2)14-11(17(3,4)9-13(19)20)8-12(18)15-16(14)22-7-5-6-21-15/h8,10H,5-7,9H2,1-4H3,(H,19,20). The minimum Gasteiger partial charge on any atom is -0.489 e. The van der Waals surface area contributed by atoms with E-state index in [2.05, 4.69) is 29.8 Å². The highest BCUT2D eigenvalue weighted by atomic mass is 79.9. The van der Waals surface area contributed by atoms with Gasteiger partial charge in [0.15, 0.2) is 11.5 Å². The summed E-state index contributed by atoms with van der Waals surface area (Å²) >= 11 is 3.56. The lowest BCUT2D eigenvalue weighted by atomic mass is 9.76. The van der Waals surface area contributed by atoms with Crippen LogP contribution in [0.25, 0.3) is 0 Å². The molecule has 0 fully saturated rings. The molecule has 22 heavy (non-hydrogen) atoms. The van der Waals surface area contributed by atoms with Crippen molar-refractivity contribution in [1.29, 1.82) is 0 Å². The van der Waals surface area contributed by atoms with Crippen LogP contribution in [0.15, 0.2) is 10.5 Å². The molecular formula is C17H23BrO4. The van der Waals surface area contributed by atoms with E-state index in [1.807, 2.05) is 19.9 Å². The number of benzene rings is 1. The quantitative estimate of drug-likeness (QED) is 0.848. The van der Waals surface area contributed by atoms with E-state index in [1.54, 1.807) is 0 Å². The summed E-state index contributed by atoms with van der Waals surface area (Å²) in [5.41, 5.74) is 1.56. The minimum absolute atomic E-state index is 0.0683. The predicted molar refractivity (Wildman–Crippen MR) is 89.1 cm³/mol. The van der Waals surface area contributed by atoms with Crippen LogP contribution in [-0.2, 0) is 10.2 Å². The van der Waals surface area contributed by atoms with Gasteiger partial charge in [0.25, 0.3) is 0 Å². The van der Waals surface area contributed by atoms with Gasteiger partial charge in [0.2, 0.25) is 0 Å². The number of rotatable bonds is 4. The van der Waals surface area contributed by atoms with Gasteiger partial charge in [-0.05, 0) is 33.5 Å². The molecule has 0 saturated heterocycles. The van der Waals surface area contributed by atoms with Crippen molar-refractivity contribution < 1.29 is 19.4 Å². The lowest BCUT2D eigenvalue weighted by Gasteiger charge is -2.30. The van der Waals surface area contributed by atoms with Crippen molar-refractivity contribution in [3.63, 3.8) is 0 Å². The third-order valence-corrected chi connectivity index (χ3v) is 4.50. The van der Waals surface area contributed by atoms with E-state index < -0.39 is 11.4 Å². The molecule has 2 rings (SSSR count). The molecule has 0 bridgehead atoms. The minimum atomic E-state index is -0.803. The third kappa shape index (κ3) is 3.40. The number of fused-ring (bicyclic) bond motifs is 1. The molecule has 0 spiro atoms. The summed E-state index contributed by atoms with van der Waals surface area (Å²) in [5, 5.41) is 9.22. The van der Waals surface area contributed by atoms with Crippen LogP contribution in [-0.4, -0.2) is 24.3 Å². The molecule has 1 N–H and O–H groups in total. The highest BCUT2D eigenvalue weighted by Crippen LogP contribution is 2.48. The number of carboxylic acids is 1. The second kappa shape index (κ2) is 6.49. The van der Waals surface area contributed by atoms with E-state index in [0.717, 1.165) is 33.5 Å². The summed E-state index contributed by atoms with van der Waals surface area (Å²) in [6.07, 6.45) is 0.908. The number of hydrogen-bond acceptors (Lipinski definition) is 3. The van der Waals surface area contributed by atoms with E-state index in [4.69, 9.17) is 9.47 Å². The fourth-order valence-corrected chi connectivity index (χ4v) is 3.44. The van der Waals surface area contributed by atoms with E-state index in [1.165, 1.54) is 0 Å². The molecule has 0 atom stereocenters. The molecule has 1 aromatic rings. The van der Waals surface area contributed by atoms with Crippen LogP contribution in [0.5, 0.6) is 11.5 Å². The molecule has 1 aliphatic rings. The average molecular weight is 371 g/mol. The number of hydrogen-bond donors (Lipinski definition) is 1. The Bertz CT molecular complexity index is 579. The summed E-state index contributed by atoms with van der Waals surface area (Å²) < 4.78 is 12.6. The lowest BCUT2D eigenvalue weighted by Crippen LogP contribution is -2.24. The van der Waals surface area contributed by atoms with Crippen LogP contribution in [0.4, 0.5) is 0 Å². The van der Waals surface area contributed by atoms with Crippen molar-refractivity contribution in [2.45, 2.75) is 51.9 Å². The molecule has 0 saturated carbocycles. The van der Waals surface area contributed by atoms with Crippen LogP contribution < -0.4 is 9.47 Å². The van der Waals surface area contributed by atoms with Crippen molar-refractivity contribution in [2.75, 3.05) is 13.2 Å². The van der Waals surface area contributed by atoms with Gasteiger partial charge in [0.05, 0.1) is 24.1 Å². The monoisotopic (exact) mass is 370 g/mol. The van der Waals surface area contributed by atoms with Crippen LogP contribution in [0.2, 0.25) is 0 Å². The molecule has 0 unspecified atom stereocenters. The van der Waals surface area contributed by atoms with E-state index in [0.29, 0.717) is 13.2 Å². The fourth-order valence-electron chi connectivity index (χ4n) is 2.91. The Kier molecular flexibility index (Phi) is 5.05. The van der Waals surface area contributed by atoms with Gasteiger partial charge in [0.1, 0.15) is 0 Å². The van der Waals surface area contributed by atoms with Crippen LogP contribution in [0.3, 0.4) is 0 Å². The van der Waals surface area contributed by atoms with Crippen molar-refractivity contribution in [3.8, 4) is 11.5 Å². The van der Waals surface area contributed by atoms with Crippen LogP contribution in [0.1, 0.15) is 57.6 Å². The maximum Gasteiger partial charge on any atom is 0.304 e. The number of halogens is 1. The van der Waals surface area contributed by atoms with Gasteiger partial charge in [-0.25, -0.2) is 0 Å². The van der Waals surface area contributed by atoms with Crippen molar-refractivity contribution in [2.24, 2.45) is 0 Å². The summed E-state index contributed by atoms with van der Waals surface area (Å²) in [6, 6.07) is 1.99. The van der Waals surface area contributed by atoms with Crippen molar-refractivity contribution in [1.82, 2.24) is 0 Å². The topological polar surface area (TPSA) is 55.8 Å². The Labute approximate surface area is 139 Å². The van der Waals surface area contributed by atoms with Gasteiger partial charge in [-0.1, -0.05) is 27.7 Å². The van der Waals surface area contributed by atoms with Crippen LogP contribution in [0, 0.1) is 0 Å². The first-order chi connectivity index (χ1) is 10.2. The zero-order chi connectivity index (χ0) is 16.5. The zero-order valence-electron chi connectivity index (χ0n) is 13.5. The maximum atomic E-state index is 11.2. The normalized spacial score (nSPS) is 14.8. The summed E-state index contributed by atoms with van der Waals surface area (Å²) in [5.74, 6) is 0.904. The second-order valence-electron chi connectivity index (χ2n) is 6.64. The smallest absolute Gasteiger partial charge is 0.304 e. The van der Waals surface area contributed by atoms with Gasteiger partial charge < -0.3 is 14.6 Å². The number of aliphatic carboxylic acids is 1. The molecule has 122 valence electrons. The first kappa shape index (κ1) is 17.1. The van der Waals surface area contributed by atoms with E-state index in [9.17, 15) is 9.90 Å². The molecule has 0 radical (unpaired) electrons. The summed E-state index contributed by atoms with van der Waals surface area (Å²) in [4.78, 5) is 11.2. The van der Waals surface area contributed by atoms with E-state index >= 15 is 0 Å². The van der Waals surface area contributed by atoms with Gasteiger partial charge in [-0.2, -0.15) is 0 Å².